The lowest BCUT2D eigenvalue weighted by Gasteiger charge is -2.49. The summed E-state index contributed by atoms with van der Waals surface area (Å²) in [5, 5.41) is 0. The largest absolute Gasteiger partial charge is 0.353 e. The summed E-state index contributed by atoms with van der Waals surface area (Å²) >= 11 is 0. The minimum Gasteiger partial charge on any atom is -0.353 e. The van der Waals surface area contributed by atoms with Crippen molar-refractivity contribution in [3.63, 3.8) is 0 Å². The molecule has 22 heavy (non-hydrogen) atoms. The van der Waals surface area contributed by atoms with Crippen LogP contribution >= 0.6 is 0 Å². The van der Waals surface area contributed by atoms with E-state index in [0.29, 0.717) is 12.3 Å². The molecule has 0 radical (unpaired) electrons. The van der Waals surface area contributed by atoms with Crippen molar-refractivity contribution in [2.75, 3.05) is 7.11 Å². The number of fused-ring (bicyclic) bond motifs is 3. The molecule has 120 valence electrons. The van der Waals surface area contributed by atoms with Crippen molar-refractivity contribution in [3.05, 3.63) is 35.6 Å². The molecule has 5 heteroatoms. The van der Waals surface area contributed by atoms with Crippen LogP contribution in [0.2, 0.25) is 0 Å². The van der Waals surface area contributed by atoms with E-state index >= 15 is 0 Å². The first-order chi connectivity index (χ1) is 10.7. The number of hydrogen-bond donors (Lipinski definition) is 0. The Balaban J connectivity index is 1.73. The normalized spacial score (nSPS) is 41.0. The fourth-order valence-electron chi connectivity index (χ4n) is 4.20. The molecule has 4 aliphatic rings. The van der Waals surface area contributed by atoms with Crippen LogP contribution in [0.1, 0.15) is 44.1 Å². The van der Waals surface area contributed by atoms with Gasteiger partial charge in [-0.3, -0.25) is 0 Å². The average Bonchev–Trinajstić information content (AvgIpc) is 2.81. The molecule has 3 saturated heterocycles. The Morgan fingerprint density at radius 1 is 1.09 bits per heavy atom. The van der Waals surface area contributed by atoms with E-state index in [4.69, 9.17) is 19.2 Å². The van der Waals surface area contributed by atoms with E-state index in [1.807, 2.05) is 0 Å². The van der Waals surface area contributed by atoms with Crippen LogP contribution in [0.25, 0.3) is 0 Å². The minimum absolute atomic E-state index is 0.279. The molecule has 3 heterocycles. The monoisotopic (exact) mass is 308 g/mol. The summed E-state index contributed by atoms with van der Waals surface area (Å²) in [7, 11) is 1.65. The molecule has 0 N–H and O–H groups in total. The molecule has 1 aromatic carbocycles. The molecule has 0 unspecified atom stereocenters. The highest BCUT2D eigenvalue weighted by molar-refractivity contribution is 5.22. The highest BCUT2D eigenvalue weighted by atomic mass is 19.1. The first-order valence-corrected chi connectivity index (χ1v) is 8.02. The molecule has 0 aromatic heterocycles. The van der Waals surface area contributed by atoms with Gasteiger partial charge in [0.2, 0.25) is 5.79 Å². The standard InChI is InChI=1S/C17H21FO4/c1-19-15-16-10-3-2-4-12(16)9-11-17(20-15,22-21-16)13-5-7-14(18)8-6-13/h5-8,12,15H,2-4,9-11H2,1H3/t12-,15+,16+,17+/m1/s1. The molecule has 1 spiro atoms. The molecule has 4 nitrogen and oxygen atoms in total. The van der Waals surface area contributed by atoms with Crippen LogP contribution in [0.5, 0.6) is 0 Å². The number of benzene rings is 1. The van der Waals surface area contributed by atoms with Crippen LogP contribution in [0, 0.1) is 11.7 Å². The van der Waals surface area contributed by atoms with Crippen LogP contribution in [-0.4, -0.2) is 19.0 Å². The topological polar surface area (TPSA) is 36.9 Å². The maximum absolute atomic E-state index is 13.2. The first-order valence-electron chi connectivity index (χ1n) is 8.02. The third-order valence-corrected chi connectivity index (χ3v) is 5.41. The van der Waals surface area contributed by atoms with Gasteiger partial charge in [0.15, 0.2) is 11.9 Å². The van der Waals surface area contributed by atoms with Crippen molar-refractivity contribution in [2.24, 2.45) is 5.92 Å². The predicted octanol–water partition coefficient (Wildman–Crippen LogP) is 3.65. The number of hydrogen-bond acceptors (Lipinski definition) is 4. The van der Waals surface area contributed by atoms with Crippen LogP contribution in [0.4, 0.5) is 4.39 Å². The summed E-state index contributed by atoms with van der Waals surface area (Å²) in [6.07, 6.45) is 5.46. The maximum atomic E-state index is 13.2. The summed E-state index contributed by atoms with van der Waals surface area (Å²) in [6, 6.07) is 6.22. The quantitative estimate of drug-likeness (QED) is 0.782. The summed E-state index contributed by atoms with van der Waals surface area (Å²) in [5.74, 6) is -0.910. The van der Waals surface area contributed by atoms with Crippen molar-refractivity contribution in [3.8, 4) is 0 Å². The van der Waals surface area contributed by atoms with Crippen LogP contribution < -0.4 is 0 Å². The van der Waals surface area contributed by atoms with Gasteiger partial charge in [0.25, 0.3) is 0 Å². The summed E-state index contributed by atoms with van der Waals surface area (Å²) < 4.78 is 25.1. The number of halogens is 1. The number of rotatable bonds is 2. The van der Waals surface area contributed by atoms with Gasteiger partial charge in [-0.2, -0.15) is 4.89 Å². The van der Waals surface area contributed by atoms with E-state index in [1.165, 1.54) is 18.6 Å². The molecule has 4 fully saturated rings. The number of ether oxygens (including phenoxy) is 2. The molecule has 1 aliphatic carbocycles. The lowest BCUT2D eigenvalue weighted by Crippen LogP contribution is -2.59. The van der Waals surface area contributed by atoms with Crippen molar-refractivity contribution < 1.29 is 23.6 Å². The van der Waals surface area contributed by atoms with Gasteiger partial charge in [-0.25, -0.2) is 9.28 Å². The molecule has 4 atom stereocenters. The van der Waals surface area contributed by atoms with Crippen molar-refractivity contribution in [1.29, 1.82) is 0 Å². The van der Waals surface area contributed by atoms with E-state index in [1.54, 1.807) is 19.2 Å². The second-order valence-corrected chi connectivity index (χ2v) is 6.55. The zero-order chi connectivity index (χ0) is 15.2. The third kappa shape index (κ3) is 2.03. The zero-order valence-corrected chi connectivity index (χ0v) is 12.7. The third-order valence-electron chi connectivity index (χ3n) is 5.41. The molecule has 3 aliphatic heterocycles. The molecule has 5 rings (SSSR count). The van der Waals surface area contributed by atoms with Gasteiger partial charge in [-0.15, -0.1) is 0 Å². The number of methoxy groups -OCH3 is 1. The van der Waals surface area contributed by atoms with Gasteiger partial charge < -0.3 is 9.47 Å². The highest BCUT2D eigenvalue weighted by Crippen LogP contribution is 2.54. The Labute approximate surface area is 129 Å². The van der Waals surface area contributed by atoms with E-state index < -0.39 is 17.7 Å². The zero-order valence-electron chi connectivity index (χ0n) is 12.7. The Morgan fingerprint density at radius 2 is 1.91 bits per heavy atom. The molecule has 1 saturated carbocycles. The summed E-state index contributed by atoms with van der Waals surface area (Å²) in [4.78, 5) is 11.7. The fraction of sp³-hybridized carbons (Fsp3) is 0.647. The van der Waals surface area contributed by atoms with E-state index in [-0.39, 0.29) is 5.82 Å². The maximum Gasteiger partial charge on any atom is 0.230 e. The molecule has 1 aromatic rings. The van der Waals surface area contributed by atoms with E-state index in [9.17, 15) is 4.39 Å². The van der Waals surface area contributed by atoms with Crippen molar-refractivity contribution >= 4 is 0 Å². The minimum atomic E-state index is -1.00. The first kappa shape index (κ1) is 14.6. The van der Waals surface area contributed by atoms with Gasteiger partial charge in [0.05, 0.1) is 0 Å². The highest BCUT2D eigenvalue weighted by Gasteiger charge is 2.61. The fourth-order valence-corrected chi connectivity index (χ4v) is 4.20. The second kappa shape index (κ2) is 5.27. The van der Waals surface area contributed by atoms with Crippen LogP contribution in [0.15, 0.2) is 24.3 Å². The molecular formula is C17H21FO4. The van der Waals surface area contributed by atoms with Gasteiger partial charge in [-0.1, -0.05) is 25.0 Å². The lowest BCUT2D eigenvalue weighted by molar-refractivity contribution is -0.558. The Hall–Kier alpha value is -1.01. The Kier molecular flexibility index (Phi) is 3.49. The average molecular weight is 308 g/mol. The second-order valence-electron chi connectivity index (χ2n) is 6.55. The molecule has 2 bridgehead atoms. The van der Waals surface area contributed by atoms with E-state index in [0.717, 1.165) is 31.2 Å². The summed E-state index contributed by atoms with van der Waals surface area (Å²) in [6.45, 7) is 0. The molecular weight excluding hydrogens is 287 g/mol. The Bertz CT molecular complexity index is 544. The van der Waals surface area contributed by atoms with Crippen molar-refractivity contribution in [1.82, 2.24) is 0 Å². The lowest BCUT2D eigenvalue weighted by atomic mass is 9.73. The van der Waals surface area contributed by atoms with Crippen LogP contribution in [-0.2, 0) is 25.0 Å². The SMILES string of the molecule is CO[C@H]1O[C@@]2(c3ccc(F)cc3)CC[C@H]3CCCC[C@]31OO2. The van der Waals surface area contributed by atoms with E-state index in [2.05, 4.69) is 0 Å². The Morgan fingerprint density at radius 3 is 2.68 bits per heavy atom. The van der Waals surface area contributed by atoms with Gasteiger partial charge >= 0.3 is 0 Å². The van der Waals surface area contributed by atoms with Crippen molar-refractivity contribution in [2.45, 2.75) is 56.2 Å². The van der Waals surface area contributed by atoms with Gasteiger partial charge in [0, 0.05) is 19.1 Å². The smallest absolute Gasteiger partial charge is 0.230 e. The van der Waals surface area contributed by atoms with Gasteiger partial charge in [-0.05, 0) is 37.3 Å². The predicted molar refractivity (Wildman–Crippen MR) is 76.1 cm³/mol. The van der Waals surface area contributed by atoms with Gasteiger partial charge in [0.1, 0.15) is 5.82 Å². The molecule has 0 amide bonds. The summed E-state index contributed by atoms with van der Waals surface area (Å²) in [5.41, 5.74) is 0.261. The van der Waals surface area contributed by atoms with Crippen LogP contribution in [0.3, 0.4) is 0 Å².